The van der Waals surface area contributed by atoms with Gasteiger partial charge in [-0.05, 0) is 31.5 Å². The number of likely N-dealkylation sites (N-methyl/N-ethyl adjacent to an activating group) is 1. The number of rotatable bonds is 7. The number of nitrogens with zero attached hydrogens (tertiary/aromatic N) is 1. The van der Waals surface area contributed by atoms with Gasteiger partial charge in [-0.2, -0.15) is 0 Å². The van der Waals surface area contributed by atoms with E-state index in [4.69, 9.17) is 0 Å². The molecule has 110 valence electrons. The number of benzene rings is 1. The van der Waals surface area contributed by atoms with E-state index in [2.05, 4.69) is 41.5 Å². The van der Waals surface area contributed by atoms with Gasteiger partial charge in [-0.15, -0.1) is 0 Å². The molecule has 2 amide bonds. The molecule has 1 aliphatic carbocycles. The molecule has 1 aromatic carbocycles. The Kier molecular flexibility index (Phi) is 5.01. The van der Waals surface area contributed by atoms with Crippen LogP contribution in [0.2, 0.25) is 0 Å². The average Bonchev–Trinajstić information content (AvgIpc) is 3.25. The van der Waals surface area contributed by atoms with Crippen molar-refractivity contribution in [2.24, 2.45) is 0 Å². The third-order valence-electron chi connectivity index (χ3n) is 4.04. The molecule has 1 fully saturated rings. The zero-order valence-electron chi connectivity index (χ0n) is 12.5. The summed E-state index contributed by atoms with van der Waals surface area (Å²) in [5.74, 6) is 0. The predicted octanol–water partition coefficient (Wildman–Crippen LogP) is 2.32. The Morgan fingerprint density at radius 3 is 2.40 bits per heavy atom. The van der Waals surface area contributed by atoms with E-state index in [1.54, 1.807) is 0 Å². The van der Waals surface area contributed by atoms with Crippen LogP contribution in [-0.4, -0.2) is 37.1 Å². The second kappa shape index (κ2) is 6.75. The van der Waals surface area contributed by atoms with Crippen LogP contribution in [-0.2, 0) is 5.54 Å². The van der Waals surface area contributed by atoms with Crippen LogP contribution in [0.5, 0.6) is 0 Å². The summed E-state index contributed by atoms with van der Waals surface area (Å²) < 4.78 is 0. The third-order valence-corrected chi connectivity index (χ3v) is 4.04. The predicted molar refractivity (Wildman–Crippen MR) is 81.7 cm³/mol. The highest BCUT2D eigenvalue weighted by Gasteiger charge is 2.45. The van der Waals surface area contributed by atoms with Crippen molar-refractivity contribution in [2.45, 2.75) is 32.2 Å². The Morgan fingerprint density at radius 2 is 1.85 bits per heavy atom. The minimum atomic E-state index is -0.124. The Balaban J connectivity index is 1.78. The largest absolute Gasteiger partial charge is 0.337 e. The molecule has 0 spiro atoms. The molecule has 0 unspecified atom stereocenters. The average molecular weight is 275 g/mol. The van der Waals surface area contributed by atoms with Crippen LogP contribution in [0.3, 0.4) is 0 Å². The van der Waals surface area contributed by atoms with Crippen molar-refractivity contribution in [2.75, 3.05) is 26.2 Å². The Bertz CT molecular complexity index is 425. The lowest BCUT2D eigenvalue weighted by atomic mass is 10.1. The molecular formula is C16H25N3O. The van der Waals surface area contributed by atoms with Crippen LogP contribution < -0.4 is 10.6 Å². The molecular weight excluding hydrogens is 250 g/mol. The highest BCUT2D eigenvalue weighted by molar-refractivity contribution is 5.75. The Hall–Kier alpha value is -1.55. The summed E-state index contributed by atoms with van der Waals surface area (Å²) >= 11 is 0. The molecule has 4 heteroatoms. The highest BCUT2D eigenvalue weighted by atomic mass is 16.2. The first-order valence-corrected chi connectivity index (χ1v) is 7.54. The molecule has 0 atom stereocenters. The van der Waals surface area contributed by atoms with E-state index in [0.717, 1.165) is 32.5 Å². The standard InChI is InChI=1S/C16H25N3O/c1-3-19(4-2)13-12-17-15(20)18-16(10-11-16)14-8-6-5-7-9-14/h5-9H,3-4,10-13H2,1-2H3,(H2,17,18,20). The minimum Gasteiger partial charge on any atom is -0.337 e. The molecule has 1 saturated carbocycles. The van der Waals surface area contributed by atoms with Gasteiger partial charge in [-0.3, -0.25) is 0 Å². The SMILES string of the molecule is CCN(CC)CCNC(=O)NC1(c2ccccc2)CC1. The first-order chi connectivity index (χ1) is 9.70. The lowest BCUT2D eigenvalue weighted by Gasteiger charge is -2.20. The number of hydrogen-bond acceptors (Lipinski definition) is 2. The molecule has 1 aromatic rings. The summed E-state index contributed by atoms with van der Waals surface area (Å²) in [6.45, 7) is 7.91. The summed E-state index contributed by atoms with van der Waals surface area (Å²) in [7, 11) is 0. The maximum absolute atomic E-state index is 12.0. The fraction of sp³-hybridized carbons (Fsp3) is 0.562. The lowest BCUT2D eigenvalue weighted by Crippen LogP contribution is -2.44. The van der Waals surface area contributed by atoms with Crippen LogP contribution in [0.1, 0.15) is 32.3 Å². The van der Waals surface area contributed by atoms with Crippen molar-refractivity contribution in [3.05, 3.63) is 35.9 Å². The summed E-state index contributed by atoms with van der Waals surface area (Å²) in [5, 5.41) is 6.08. The molecule has 0 bridgehead atoms. The van der Waals surface area contributed by atoms with Gasteiger partial charge in [0.25, 0.3) is 0 Å². The number of carbonyl (C=O) groups is 1. The number of hydrogen-bond donors (Lipinski definition) is 2. The lowest BCUT2D eigenvalue weighted by molar-refractivity contribution is 0.232. The molecule has 1 aliphatic rings. The molecule has 20 heavy (non-hydrogen) atoms. The van der Waals surface area contributed by atoms with Crippen LogP contribution in [0.15, 0.2) is 30.3 Å². The molecule has 2 N–H and O–H groups in total. The Morgan fingerprint density at radius 1 is 1.20 bits per heavy atom. The smallest absolute Gasteiger partial charge is 0.315 e. The summed E-state index contributed by atoms with van der Waals surface area (Å²) in [6, 6.07) is 10.2. The van der Waals surface area contributed by atoms with Gasteiger partial charge in [0, 0.05) is 13.1 Å². The van der Waals surface area contributed by atoms with Crippen molar-refractivity contribution in [1.82, 2.24) is 15.5 Å². The quantitative estimate of drug-likeness (QED) is 0.802. The van der Waals surface area contributed by atoms with Gasteiger partial charge in [0.05, 0.1) is 5.54 Å². The van der Waals surface area contributed by atoms with E-state index >= 15 is 0 Å². The van der Waals surface area contributed by atoms with Gasteiger partial charge in [0.2, 0.25) is 0 Å². The van der Waals surface area contributed by atoms with Gasteiger partial charge in [-0.1, -0.05) is 44.2 Å². The van der Waals surface area contributed by atoms with E-state index in [-0.39, 0.29) is 11.6 Å². The van der Waals surface area contributed by atoms with Gasteiger partial charge >= 0.3 is 6.03 Å². The molecule has 0 saturated heterocycles. The molecule has 0 heterocycles. The summed E-state index contributed by atoms with van der Waals surface area (Å²) in [5.41, 5.74) is 1.08. The molecule has 0 aliphatic heterocycles. The van der Waals surface area contributed by atoms with E-state index in [1.807, 2.05) is 18.2 Å². The van der Waals surface area contributed by atoms with Crippen LogP contribution in [0.4, 0.5) is 4.79 Å². The highest BCUT2D eigenvalue weighted by Crippen LogP contribution is 2.45. The summed E-state index contributed by atoms with van der Waals surface area (Å²) in [4.78, 5) is 14.3. The van der Waals surface area contributed by atoms with E-state index in [1.165, 1.54) is 5.56 Å². The fourth-order valence-corrected chi connectivity index (χ4v) is 2.50. The van der Waals surface area contributed by atoms with Crippen LogP contribution in [0, 0.1) is 0 Å². The van der Waals surface area contributed by atoms with E-state index in [0.29, 0.717) is 6.54 Å². The normalized spacial score (nSPS) is 15.9. The Labute approximate surface area is 121 Å². The zero-order chi connectivity index (χ0) is 14.4. The van der Waals surface area contributed by atoms with Crippen LogP contribution in [0.25, 0.3) is 0 Å². The number of amides is 2. The second-order valence-corrected chi connectivity index (χ2v) is 5.36. The summed E-state index contributed by atoms with van der Waals surface area (Å²) in [6.07, 6.45) is 2.06. The van der Waals surface area contributed by atoms with Crippen molar-refractivity contribution in [3.63, 3.8) is 0 Å². The fourth-order valence-electron chi connectivity index (χ4n) is 2.50. The first-order valence-electron chi connectivity index (χ1n) is 7.54. The van der Waals surface area contributed by atoms with Crippen molar-refractivity contribution in [1.29, 1.82) is 0 Å². The van der Waals surface area contributed by atoms with E-state index in [9.17, 15) is 4.79 Å². The first kappa shape index (κ1) is 14.9. The zero-order valence-corrected chi connectivity index (χ0v) is 12.5. The number of nitrogens with one attached hydrogen (secondary N) is 2. The van der Waals surface area contributed by atoms with Crippen molar-refractivity contribution < 1.29 is 4.79 Å². The van der Waals surface area contributed by atoms with Crippen molar-refractivity contribution in [3.8, 4) is 0 Å². The monoisotopic (exact) mass is 275 g/mol. The minimum absolute atomic E-state index is 0.0569. The molecule has 2 rings (SSSR count). The van der Waals surface area contributed by atoms with Gasteiger partial charge < -0.3 is 15.5 Å². The number of urea groups is 1. The second-order valence-electron chi connectivity index (χ2n) is 5.36. The topological polar surface area (TPSA) is 44.4 Å². The van der Waals surface area contributed by atoms with E-state index < -0.39 is 0 Å². The third kappa shape index (κ3) is 3.73. The van der Waals surface area contributed by atoms with Gasteiger partial charge in [0.15, 0.2) is 0 Å². The van der Waals surface area contributed by atoms with Gasteiger partial charge in [0.1, 0.15) is 0 Å². The molecule has 0 radical (unpaired) electrons. The molecule has 0 aromatic heterocycles. The van der Waals surface area contributed by atoms with Crippen LogP contribution >= 0.6 is 0 Å². The van der Waals surface area contributed by atoms with Gasteiger partial charge in [-0.25, -0.2) is 4.79 Å². The maximum Gasteiger partial charge on any atom is 0.315 e. The number of carbonyl (C=O) groups excluding carboxylic acids is 1. The van der Waals surface area contributed by atoms with Crippen molar-refractivity contribution >= 4 is 6.03 Å². The molecule has 4 nitrogen and oxygen atoms in total. The maximum atomic E-state index is 12.0.